The molecule has 0 heterocycles. The van der Waals surface area contributed by atoms with Crippen LogP contribution in [-0.2, 0) is 28.6 Å². The SMILES string of the molecule is CC/C=C/C/C=C/C/C=C/C/C=C/C/C=C/C/C=C/CCC(=O)OC[C@@H](COC(=O)CCCCCCC/C=C/C/C=C/CCCC)OC(=O)CCCCCCCCCCCCCCCCCCCC. The fourth-order valence-electron chi connectivity index (χ4n) is 7.78. The van der Waals surface area contributed by atoms with Crippen molar-refractivity contribution in [3.63, 3.8) is 0 Å². The molecule has 6 nitrogen and oxygen atoms in total. The van der Waals surface area contributed by atoms with Gasteiger partial charge in [0, 0.05) is 19.3 Å². The van der Waals surface area contributed by atoms with Gasteiger partial charge in [-0.05, 0) is 83.5 Å². The number of hydrogen-bond acceptors (Lipinski definition) is 6. The zero-order valence-corrected chi connectivity index (χ0v) is 45.0. The molecule has 0 unspecified atom stereocenters. The van der Waals surface area contributed by atoms with Gasteiger partial charge >= 0.3 is 17.9 Å². The van der Waals surface area contributed by atoms with Crippen molar-refractivity contribution in [3.05, 3.63) is 97.2 Å². The van der Waals surface area contributed by atoms with Gasteiger partial charge in [0.05, 0.1) is 0 Å². The number of hydrogen-bond donors (Lipinski definition) is 0. The molecule has 0 aromatic carbocycles. The summed E-state index contributed by atoms with van der Waals surface area (Å²) in [7, 11) is 0. The van der Waals surface area contributed by atoms with E-state index >= 15 is 0 Å². The molecule has 0 N–H and O–H groups in total. The van der Waals surface area contributed by atoms with Crippen molar-refractivity contribution in [2.24, 2.45) is 0 Å². The fourth-order valence-corrected chi connectivity index (χ4v) is 7.78. The Morgan fingerprint density at radius 1 is 0.304 bits per heavy atom. The predicted octanol–water partition coefficient (Wildman–Crippen LogP) is 19.3. The molecule has 6 heteroatoms. The molecule has 0 aliphatic carbocycles. The lowest BCUT2D eigenvalue weighted by Crippen LogP contribution is -2.30. The maximum atomic E-state index is 12.9. The lowest BCUT2D eigenvalue weighted by Gasteiger charge is -2.18. The maximum absolute atomic E-state index is 12.9. The summed E-state index contributed by atoms with van der Waals surface area (Å²) in [6, 6.07) is 0. The van der Waals surface area contributed by atoms with Gasteiger partial charge in [-0.1, -0.05) is 259 Å². The number of ether oxygens (including phenoxy) is 3. The van der Waals surface area contributed by atoms with E-state index in [2.05, 4.69) is 112 Å². The number of esters is 3. The summed E-state index contributed by atoms with van der Waals surface area (Å²) in [6.45, 7) is 6.42. The zero-order chi connectivity index (χ0) is 50.0. The van der Waals surface area contributed by atoms with Crippen LogP contribution in [0.5, 0.6) is 0 Å². The number of carbonyl (C=O) groups excluding carboxylic acids is 3. The lowest BCUT2D eigenvalue weighted by molar-refractivity contribution is -0.166. The Morgan fingerprint density at radius 2 is 0.609 bits per heavy atom. The summed E-state index contributed by atoms with van der Waals surface area (Å²) in [5, 5.41) is 0. The van der Waals surface area contributed by atoms with E-state index in [1.54, 1.807) is 0 Å². The third kappa shape index (κ3) is 55.1. The average Bonchev–Trinajstić information content (AvgIpc) is 3.35. The standard InChI is InChI=1S/C63H106O6/c1-4-7-10-13-16-19-22-25-28-30-32-34-35-38-41-44-47-50-53-56-62(65)68-59-60(58-67-61(64)55-52-49-46-43-40-37-27-24-21-18-15-12-9-6-3)69-63(66)57-54-51-48-45-42-39-36-33-31-29-26-23-20-17-14-11-8-5-2/h7,10,15-16,18-19,24-25,27-28,32,34,38,41,47,50,60H,4-6,8-9,11-14,17,20-23,26,29-31,33,35-37,39-40,42-46,48-49,51-59H2,1-3H3/b10-7+,18-15+,19-16+,27-24+,28-25+,34-32+,41-38+,50-47+/t60-/m1/s1. The van der Waals surface area contributed by atoms with Crippen LogP contribution >= 0.6 is 0 Å². The van der Waals surface area contributed by atoms with Crippen molar-refractivity contribution in [1.29, 1.82) is 0 Å². The van der Waals surface area contributed by atoms with Crippen LogP contribution in [0.4, 0.5) is 0 Å². The van der Waals surface area contributed by atoms with E-state index in [1.165, 1.54) is 116 Å². The molecule has 0 bridgehead atoms. The highest BCUT2D eigenvalue weighted by atomic mass is 16.6. The first-order valence-electron chi connectivity index (χ1n) is 28.7. The average molecular weight is 960 g/mol. The van der Waals surface area contributed by atoms with Crippen LogP contribution < -0.4 is 0 Å². The van der Waals surface area contributed by atoms with Gasteiger partial charge in [0.15, 0.2) is 6.10 Å². The molecule has 0 spiro atoms. The van der Waals surface area contributed by atoms with Gasteiger partial charge in [-0.15, -0.1) is 0 Å². The molecule has 1 atom stereocenters. The molecule has 0 aromatic heterocycles. The second kappa shape index (κ2) is 56.9. The van der Waals surface area contributed by atoms with E-state index in [0.29, 0.717) is 19.3 Å². The molecular formula is C63H106O6. The van der Waals surface area contributed by atoms with Gasteiger partial charge in [0.1, 0.15) is 13.2 Å². The Balaban J connectivity index is 4.49. The number of rotatable bonds is 51. The fraction of sp³-hybridized carbons (Fsp3) is 0.698. The topological polar surface area (TPSA) is 78.9 Å². The molecule has 0 amide bonds. The third-order valence-electron chi connectivity index (χ3n) is 12.1. The van der Waals surface area contributed by atoms with Crippen molar-refractivity contribution in [2.75, 3.05) is 13.2 Å². The molecule has 0 aliphatic heterocycles. The van der Waals surface area contributed by atoms with Gasteiger partial charge in [-0.3, -0.25) is 14.4 Å². The van der Waals surface area contributed by atoms with Crippen molar-refractivity contribution in [1.82, 2.24) is 0 Å². The molecule has 0 saturated carbocycles. The van der Waals surface area contributed by atoms with Crippen LogP contribution in [0.3, 0.4) is 0 Å². The van der Waals surface area contributed by atoms with Gasteiger partial charge in [-0.2, -0.15) is 0 Å². The number of allylic oxidation sites excluding steroid dienone is 16. The summed E-state index contributed by atoms with van der Waals surface area (Å²) in [5.41, 5.74) is 0. The van der Waals surface area contributed by atoms with E-state index in [0.717, 1.165) is 103 Å². The van der Waals surface area contributed by atoms with Gasteiger partial charge < -0.3 is 14.2 Å². The minimum atomic E-state index is -0.813. The highest BCUT2D eigenvalue weighted by molar-refractivity contribution is 5.71. The van der Waals surface area contributed by atoms with E-state index in [-0.39, 0.29) is 37.5 Å². The van der Waals surface area contributed by atoms with Crippen LogP contribution in [0.2, 0.25) is 0 Å². The first-order valence-corrected chi connectivity index (χ1v) is 28.7. The Kier molecular flexibility index (Phi) is 53.9. The van der Waals surface area contributed by atoms with Gasteiger partial charge in [0.25, 0.3) is 0 Å². The molecule has 69 heavy (non-hydrogen) atoms. The van der Waals surface area contributed by atoms with Crippen LogP contribution in [-0.4, -0.2) is 37.2 Å². The summed E-state index contributed by atoms with van der Waals surface area (Å²) in [5.74, 6) is -1.00. The highest BCUT2D eigenvalue weighted by Gasteiger charge is 2.19. The van der Waals surface area contributed by atoms with Crippen molar-refractivity contribution in [3.8, 4) is 0 Å². The van der Waals surface area contributed by atoms with Crippen molar-refractivity contribution < 1.29 is 28.6 Å². The summed E-state index contributed by atoms with van der Waals surface area (Å²) < 4.78 is 16.8. The quantitative estimate of drug-likeness (QED) is 0.0262. The van der Waals surface area contributed by atoms with Crippen LogP contribution in [0.15, 0.2) is 97.2 Å². The van der Waals surface area contributed by atoms with Crippen molar-refractivity contribution >= 4 is 17.9 Å². The second-order valence-electron chi connectivity index (χ2n) is 18.8. The minimum Gasteiger partial charge on any atom is -0.462 e. The molecular weight excluding hydrogens is 853 g/mol. The Labute approximate surface area is 426 Å². The maximum Gasteiger partial charge on any atom is 0.306 e. The predicted molar refractivity (Wildman–Crippen MR) is 297 cm³/mol. The molecule has 0 aliphatic rings. The minimum absolute atomic E-state index is 0.107. The van der Waals surface area contributed by atoms with Gasteiger partial charge in [0.2, 0.25) is 0 Å². The van der Waals surface area contributed by atoms with Crippen LogP contribution in [0, 0.1) is 0 Å². The Morgan fingerprint density at radius 3 is 1.01 bits per heavy atom. The normalized spacial score (nSPS) is 12.8. The molecule has 394 valence electrons. The van der Waals surface area contributed by atoms with Crippen LogP contribution in [0.25, 0.3) is 0 Å². The summed E-state index contributed by atoms with van der Waals surface area (Å²) in [6.07, 6.45) is 75.5. The Bertz CT molecular complexity index is 1380. The molecule has 0 radical (unpaired) electrons. The van der Waals surface area contributed by atoms with Crippen molar-refractivity contribution in [2.45, 2.75) is 271 Å². The Hall–Kier alpha value is -3.67. The van der Waals surface area contributed by atoms with E-state index in [1.807, 2.05) is 6.08 Å². The highest BCUT2D eigenvalue weighted by Crippen LogP contribution is 2.16. The number of carbonyl (C=O) groups is 3. The van der Waals surface area contributed by atoms with E-state index < -0.39 is 6.10 Å². The van der Waals surface area contributed by atoms with E-state index in [4.69, 9.17) is 14.2 Å². The summed E-state index contributed by atoms with van der Waals surface area (Å²) >= 11 is 0. The first kappa shape index (κ1) is 65.3. The van der Waals surface area contributed by atoms with E-state index in [9.17, 15) is 14.4 Å². The molecule has 0 rings (SSSR count). The zero-order valence-electron chi connectivity index (χ0n) is 45.0. The lowest BCUT2D eigenvalue weighted by atomic mass is 10.0. The molecule has 0 aromatic rings. The van der Waals surface area contributed by atoms with Gasteiger partial charge in [-0.25, -0.2) is 0 Å². The first-order chi connectivity index (χ1) is 34.0. The smallest absolute Gasteiger partial charge is 0.306 e. The number of unbranched alkanes of at least 4 members (excludes halogenated alkanes) is 24. The third-order valence-corrected chi connectivity index (χ3v) is 12.1. The largest absolute Gasteiger partial charge is 0.462 e. The molecule has 0 fully saturated rings. The van der Waals surface area contributed by atoms with Crippen LogP contribution in [0.1, 0.15) is 265 Å². The second-order valence-corrected chi connectivity index (χ2v) is 18.8. The summed E-state index contributed by atoms with van der Waals surface area (Å²) in [4.78, 5) is 38.1. The monoisotopic (exact) mass is 959 g/mol. The molecule has 0 saturated heterocycles.